The van der Waals surface area contributed by atoms with Gasteiger partial charge in [0.05, 0.1) is 12.4 Å². The molecule has 20 heavy (non-hydrogen) atoms. The Hall–Kier alpha value is -1.44. The summed E-state index contributed by atoms with van der Waals surface area (Å²) >= 11 is 0. The summed E-state index contributed by atoms with van der Waals surface area (Å²) in [7, 11) is -3.97. The Morgan fingerprint density at radius 2 is 2.00 bits per heavy atom. The molecule has 0 aliphatic heterocycles. The number of nitrogens with one attached hydrogen (secondary N) is 1. The molecule has 0 amide bonds. The van der Waals surface area contributed by atoms with E-state index in [0.29, 0.717) is 0 Å². The summed E-state index contributed by atoms with van der Waals surface area (Å²) in [6.07, 6.45) is 0.210. The van der Waals surface area contributed by atoms with Gasteiger partial charge in [0.25, 0.3) is 10.1 Å². The number of hydrogen-bond donors (Lipinski definition) is 2. The first kappa shape index (κ1) is 16.6. The molecule has 0 fully saturated rings. The van der Waals surface area contributed by atoms with E-state index < -0.39 is 22.1 Å². The van der Waals surface area contributed by atoms with E-state index >= 15 is 0 Å². The van der Waals surface area contributed by atoms with Crippen LogP contribution in [0.25, 0.3) is 0 Å². The van der Waals surface area contributed by atoms with Crippen LogP contribution in [0.1, 0.15) is 24.9 Å². The number of esters is 1. The molecular weight excluding hydrogens is 282 g/mol. The molecule has 1 aromatic rings. The largest absolute Gasteiger partial charge is 0.465 e. The molecule has 0 aromatic heterocycles. The van der Waals surface area contributed by atoms with E-state index in [4.69, 9.17) is 9.29 Å². The molecule has 112 valence electrons. The van der Waals surface area contributed by atoms with Crippen molar-refractivity contribution in [3.8, 4) is 0 Å². The Balaban J connectivity index is 2.62. The van der Waals surface area contributed by atoms with Crippen molar-refractivity contribution in [1.29, 1.82) is 0 Å². The topological polar surface area (TPSA) is 92.7 Å². The molecule has 0 saturated heterocycles. The number of benzene rings is 1. The van der Waals surface area contributed by atoms with E-state index in [-0.39, 0.29) is 25.3 Å². The summed E-state index contributed by atoms with van der Waals surface area (Å²) in [5.74, 6) is -0.754. The summed E-state index contributed by atoms with van der Waals surface area (Å²) < 4.78 is 34.9. The maximum Gasteiger partial charge on any atom is 0.327 e. The van der Waals surface area contributed by atoms with Gasteiger partial charge < -0.3 is 10.1 Å². The SMILES string of the molecule is CCOC(=O)C(NCCCS(=O)(=O)O)c1ccccc1. The molecule has 1 unspecified atom stereocenters. The zero-order valence-electron chi connectivity index (χ0n) is 11.3. The molecular formula is C13H19NO5S. The van der Waals surface area contributed by atoms with E-state index in [2.05, 4.69) is 5.32 Å². The van der Waals surface area contributed by atoms with Gasteiger partial charge in [-0.3, -0.25) is 4.55 Å². The highest BCUT2D eigenvalue weighted by atomic mass is 32.2. The normalized spacial score (nSPS) is 12.9. The smallest absolute Gasteiger partial charge is 0.327 e. The first-order valence-electron chi connectivity index (χ1n) is 6.34. The van der Waals surface area contributed by atoms with E-state index in [0.717, 1.165) is 5.56 Å². The zero-order valence-corrected chi connectivity index (χ0v) is 12.1. The van der Waals surface area contributed by atoms with Crippen molar-refractivity contribution < 1.29 is 22.5 Å². The van der Waals surface area contributed by atoms with Crippen molar-refractivity contribution in [2.75, 3.05) is 18.9 Å². The van der Waals surface area contributed by atoms with Crippen LogP contribution in [0, 0.1) is 0 Å². The molecule has 6 nitrogen and oxygen atoms in total. The Labute approximate surface area is 118 Å². The maximum absolute atomic E-state index is 11.9. The molecule has 2 N–H and O–H groups in total. The number of rotatable bonds is 8. The Kier molecular flexibility index (Phi) is 6.63. The highest BCUT2D eigenvalue weighted by Gasteiger charge is 2.21. The van der Waals surface area contributed by atoms with Crippen molar-refractivity contribution in [2.45, 2.75) is 19.4 Å². The fourth-order valence-electron chi connectivity index (χ4n) is 1.71. The summed E-state index contributed by atoms with van der Waals surface area (Å²) in [5.41, 5.74) is 0.748. The quantitative estimate of drug-likeness (QED) is 0.425. The standard InChI is InChI=1S/C13H19NO5S/c1-2-19-13(15)12(11-7-4-3-5-8-11)14-9-6-10-20(16,17)18/h3-5,7-8,12,14H,2,6,9-10H2,1H3,(H,16,17,18). The number of hydrogen-bond acceptors (Lipinski definition) is 5. The summed E-state index contributed by atoms with van der Waals surface area (Å²) in [6, 6.07) is 8.39. The molecule has 0 aliphatic carbocycles. The second-order valence-electron chi connectivity index (χ2n) is 4.19. The van der Waals surface area contributed by atoms with Crippen LogP contribution in [-0.4, -0.2) is 37.8 Å². The molecule has 0 bridgehead atoms. The van der Waals surface area contributed by atoms with Gasteiger partial charge in [-0.1, -0.05) is 30.3 Å². The fourth-order valence-corrected chi connectivity index (χ4v) is 2.22. The second kappa shape index (κ2) is 7.98. The lowest BCUT2D eigenvalue weighted by Crippen LogP contribution is -2.31. The van der Waals surface area contributed by atoms with Gasteiger partial charge in [-0.05, 0) is 25.5 Å². The number of carbonyl (C=O) groups excluding carboxylic acids is 1. The van der Waals surface area contributed by atoms with Crippen LogP contribution in [0.3, 0.4) is 0 Å². The predicted molar refractivity (Wildman–Crippen MR) is 74.9 cm³/mol. The minimum absolute atomic E-state index is 0.210. The highest BCUT2D eigenvalue weighted by molar-refractivity contribution is 7.85. The summed E-state index contributed by atoms with van der Waals surface area (Å²) in [6.45, 7) is 2.27. The summed E-state index contributed by atoms with van der Waals surface area (Å²) in [4.78, 5) is 11.9. The van der Waals surface area contributed by atoms with Gasteiger partial charge in [0, 0.05) is 0 Å². The predicted octanol–water partition coefficient (Wildman–Crippen LogP) is 1.16. The van der Waals surface area contributed by atoms with Gasteiger partial charge in [-0.2, -0.15) is 8.42 Å². The first-order valence-corrected chi connectivity index (χ1v) is 7.95. The monoisotopic (exact) mass is 301 g/mol. The molecule has 0 heterocycles. The molecule has 1 atom stereocenters. The van der Waals surface area contributed by atoms with E-state index in [1.807, 2.05) is 6.07 Å². The molecule has 0 spiro atoms. The van der Waals surface area contributed by atoms with Gasteiger partial charge >= 0.3 is 5.97 Å². The molecule has 7 heteroatoms. The molecule has 0 radical (unpaired) electrons. The van der Waals surface area contributed by atoms with Crippen LogP contribution < -0.4 is 5.32 Å². The van der Waals surface area contributed by atoms with Gasteiger partial charge in [-0.25, -0.2) is 4.79 Å². The van der Waals surface area contributed by atoms with Crippen LogP contribution in [0.2, 0.25) is 0 Å². The highest BCUT2D eigenvalue weighted by Crippen LogP contribution is 2.14. The minimum Gasteiger partial charge on any atom is -0.465 e. The van der Waals surface area contributed by atoms with Crippen LogP contribution in [0.5, 0.6) is 0 Å². The van der Waals surface area contributed by atoms with Crippen molar-refractivity contribution in [3.05, 3.63) is 35.9 Å². The third kappa shape index (κ3) is 6.14. The molecule has 0 saturated carbocycles. The second-order valence-corrected chi connectivity index (χ2v) is 5.76. The first-order chi connectivity index (χ1) is 9.44. The van der Waals surface area contributed by atoms with E-state index in [9.17, 15) is 13.2 Å². The Morgan fingerprint density at radius 3 is 2.55 bits per heavy atom. The maximum atomic E-state index is 11.9. The lowest BCUT2D eigenvalue weighted by Gasteiger charge is -2.17. The number of carbonyl (C=O) groups is 1. The van der Waals surface area contributed by atoms with E-state index in [1.54, 1.807) is 31.2 Å². The average Bonchev–Trinajstić information content (AvgIpc) is 2.38. The van der Waals surface area contributed by atoms with Crippen LogP contribution >= 0.6 is 0 Å². The van der Waals surface area contributed by atoms with Crippen LogP contribution in [0.15, 0.2) is 30.3 Å². The third-order valence-corrected chi connectivity index (χ3v) is 3.39. The van der Waals surface area contributed by atoms with Crippen LogP contribution in [0.4, 0.5) is 0 Å². The Morgan fingerprint density at radius 1 is 1.35 bits per heavy atom. The molecule has 1 rings (SSSR count). The van der Waals surface area contributed by atoms with Crippen molar-refractivity contribution in [3.63, 3.8) is 0 Å². The Bertz CT molecular complexity index is 515. The lowest BCUT2D eigenvalue weighted by molar-refractivity contribution is -0.145. The van der Waals surface area contributed by atoms with Crippen LogP contribution in [-0.2, 0) is 19.6 Å². The molecule has 1 aromatic carbocycles. The molecule has 0 aliphatic rings. The van der Waals surface area contributed by atoms with E-state index in [1.165, 1.54) is 0 Å². The zero-order chi connectivity index (χ0) is 15.0. The third-order valence-electron chi connectivity index (χ3n) is 2.58. The average molecular weight is 301 g/mol. The van der Waals surface area contributed by atoms with Crippen molar-refractivity contribution in [2.24, 2.45) is 0 Å². The fraction of sp³-hybridized carbons (Fsp3) is 0.462. The van der Waals surface area contributed by atoms with Gasteiger partial charge in [0.15, 0.2) is 0 Å². The summed E-state index contributed by atoms with van der Waals surface area (Å²) in [5, 5.41) is 2.94. The van der Waals surface area contributed by atoms with Gasteiger partial charge in [-0.15, -0.1) is 0 Å². The van der Waals surface area contributed by atoms with Crippen molar-refractivity contribution >= 4 is 16.1 Å². The minimum atomic E-state index is -3.97. The lowest BCUT2D eigenvalue weighted by atomic mass is 10.1. The van der Waals surface area contributed by atoms with Gasteiger partial charge in [0.1, 0.15) is 6.04 Å². The van der Waals surface area contributed by atoms with Gasteiger partial charge in [0.2, 0.25) is 0 Å². The number of ether oxygens (including phenoxy) is 1. The van der Waals surface area contributed by atoms with Crippen molar-refractivity contribution in [1.82, 2.24) is 5.32 Å².